The highest BCUT2D eigenvalue weighted by Gasteiger charge is 2.08. The highest BCUT2D eigenvalue weighted by atomic mass is 79.9. The quantitative estimate of drug-likeness (QED) is 0.180. The molecule has 0 radical (unpaired) electrons. The Hall–Kier alpha value is -4.12. The highest BCUT2D eigenvalue weighted by molar-refractivity contribution is 9.10. The van der Waals surface area contributed by atoms with Crippen molar-refractivity contribution in [1.29, 1.82) is 0 Å². The Morgan fingerprint density at radius 1 is 0.325 bits per heavy atom. The van der Waals surface area contributed by atoms with E-state index in [4.69, 9.17) is 0 Å². The predicted molar refractivity (Wildman–Crippen MR) is 178 cm³/mol. The van der Waals surface area contributed by atoms with E-state index in [2.05, 4.69) is 188 Å². The van der Waals surface area contributed by atoms with Crippen molar-refractivity contribution >= 4 is 54.6 Å². The molecule has 0 atom stereocenters. The SMILES string of the molecule is Brc1ccc(-c2ccccc2Nc2ccc(-c3ccc(Nc4ccccc4-c4ccc(Br)cc4)cc3)cc2)cc1. The van der Waals surface area contributed by atoms with Gasteiger partial charge in [0.25, 0.3) is 0 Å². The average Bonchev–Trinajstić information content (AvgIpc) is 3.00. The van der Waals surface area contributed by atoms with Crippen LogP contribution in [0.4, 0.5) is 22.7 Å². The van der Waals surface area contributed by atoms with Crippen LogP contribution < -0.4 is 10.6 Å². The van der Waals surface area contributed by atoms with Crippen LogP contribution in [0.15, 0.2) is 155 Å². The van der Waals surface area contributed by atoms with Crippen molar-refractivity contribution in [2.24, 2.45) is 0 Å². The van der Waals surface area contributed by atoms with Gasteiger partial charge in [-0.1, -0.05) is 117 Å². The van der Waals surface area contributed by atoms with E-state index in [1.54, 1.807) is 0 Å². The van der Waals surface area contributed by atoms with Crippen LogP contribution >= 0.6 is 31.9 Å². The zero-order valence-electron chi connectivity index (χ0n) is 21.6. The number of nitrogens with one attached hydrogen (secondary N) is 2. The molecule has 0 aliphatic rings. The van der Waals surface area contributed by atoms with E-state index in [1.807, 2.05) is 0 Å². The summed E-state index contributed by atoms with van der Waals surface area (Å²) in [5.41, 5.74) is 11.3. The Balaban J connectivity index is 1.17. The van der Waals surface area contributed by atoms with Crippen LogP contribution in [0.25, 0.3) is 33.4 Å². The monoisotopic (exact) mass is 644 g/mol. The van der Waals surface area contributed by atoms with E-state index in [0.717, 1.165) is 31.7 Å². The van der Waals surface area contributed by atoms with Crippen LogP contribution in [0.1, 0.15) is 0 Å². The Labute approximate surface area is 252 Å². The molecule has 194 valence electrons. The third-order valence-corrected chi connectivity index (χ3v) is 7.88. The Morgan fingerprint density at radius 3 is 1.02 bits per heavy atom. The van der Waals surface area contributed by atoms with Crippen LogP contribution in [0.5, 0.6) is 0 Å². The Kier molecular flexibility index (Phi) is 7.80. The molecule has 6 rings (SSSR count). The van der Waals surface area contributed by atoms with Crippen LogP contribution in [-0.2, 0) is 0 Å². The lowest BCUT2D eigenvalue weighted by Crippen LogP contribution is -1.94. The van der Waals surface area contributed by atoms with Crippen molar-refractivity contribution in [3.05, 3.63) is 155 Å². The van der Waals surface area contributed by atoms with E-state index >= 15 is 0 Å². The molecule has 40 heavy (non-hydrogen) atoms. The summed E-state index contributed by atoms with van der Waals surface area (Å²) in [5, 5.41) is 7.20. The maximum Gasteiger partial charge on any atom is 0.0463 e. The first-order chi connectivity index (χ1) is 19.6. The average molecular weight is 646 g/mol. The summed E-state index contributed by atoms with van der Waals surface area (Å²) in [7, 11) is 0. The standard InChI is InChI=1S/C36H26Br2N2/c37-29-17-9-27(10-18-29)33-5-1-3-7-35(33)39-31-21-13-25(14-22-31)26-15-23-32(24-16-26)40-36-8-4-2-6-34(36)28-11-19-30(38)20-12-28/h1-24,39-40H. The lowest BCUT2D eigenvalue weighted by Gasteiger charge is -2.14. The third kappa shape index (κ3) is 6.04. The molecular weight excluding hydrogens is 620 g/mol. The van der Waals surface area contributed by atoms with Crippen LogP contribution in [0.3, 0.4) is 0 Å². The van der Waals surface area contributed by atoms with E-state index < -0.39 is 0 Å². The summed E-state index contributed by atoms with van der Waals surface area (Å²) in [6.45, 7) is 0. The summed E-state index contributed by atoms with van der Waals surface area (Å²) in [6, 6.07) is 50.8. The summed E-state index contributed by atoms with van der Waals surface area (Å²) < 4.78 is 2.15. The zero-order valence-corrected chi connectivity index (χ0v) is 24.8. The molecule has 0 saturated carbocycles. The van der Waals surface area contributed by atoms with Gasteiger partial charge in [-0.05, 0) is 82.9 Å². The highest BCUT2D eigenvalue weighted by Crippen LogP contribution is 2.34. The zero-order chi connectivity index (χ0) is 27.3. The van der Waals surface area contributed by atoms with Crippen LogP contribution in [0.2, 0.25) is 0 Å². The topological polar surface area (TPSA) is 24.1 Å². The molecule has 0 aromatic heterocycles. The first-order valence-electron chi connectivity index (χ1n) is 13.1. The summed E-state index contributed by atoms with van der Waals surface area (Å²) in [6.07, 6.45) is 0. The lowest BCUT2D eigenvalue weighted by molar-refractivity contribution is 1.51. The molecule has 0 amide bonds. The van der Waals surface area contributed by atoms with Crippen molar-refractivity contribution in [2.45, 2.75) is 0 Å². The summed E-state index contributed by atoms with van der Waals surface area (Å²) >= 11 is 7.06. The molecule has 0 aliphatic heterocycles. The van der Waals surface area contributed by atoms with Gasteiger partial charge in [-0.2, -0.15) is 0 Å². The maximum absolute atomic E-state index is 3.60. The van der Waals surface area contributed by atoms with Gasteiger partial charge in [-0.15, -0.1) is 0 Å². The molecule has 2 N–H and O–H groups in total. The molecule has 6 aromatic carbocycles. The number of anilines is 4. The van der Waals surface area contributed by atoms with Gasteiger partial charge in [-0.25, -0.2) is 0 Å². The van der Waals surface area contributed by atoms with Gasteiger partial charge in [0.2, 0.25) is 0 Å². The van der Waals surface area contributed by atoms with E-state index in [9.17, 15) is 0 Å². The van der Waals surface area contributed by atoms with Gasteiger partial charge in [0.05, 0.1) is 0 Å². The molecule has 0 heterocycles. The van der Waals surface area contributed by atoms with Crippen molar-refractivity contribution in [3.8, 4) is 33.4 Å². The molecule has 0 aliphatic carbocycles. The fraction of sp³-hybridized carbons (Fsp3) is 0. The molecule has 0 unspecified atom stereocenters. The minimum atomic E-state index is 1.05. The second kappa shape index (κ2) is 12.0. The van der Waals surface area contributed by atoms with Crippen molar-refractivity contribution in [1.82, 2.24) is 0 Å². The van der Waals surface area contributed by atoms with Gasteiger partial charge in [0.15, 0.2) is 0 Å². The largest absolute Gasteiger partial charge is 0.355 e. The van der Waals surface area contributed by atoms with Gasteiger partial charge in [0, 0.05) is 42.8 Å². The number of hydrogen-bond acceptors (Lipinski definition) is 2. The normalized spacial score (nSPS) is 10.8. The number of hydrogen-bond donors (Lipinski definition) is 2. The number of rotatable bonds is 7. The fourth-order valence-corrected chi connectivity index (χ4v) is 5.28. The van der Waals surface area contributed by atoms with Crippen molar-refractivity contribution in [2.75, 3.05) is 10.6 Å². The molecule has 0 bridgehead atoms. The molecular formula is C36H26Br2N2. The van der Waals surface area contributed by atoms with Gasteiger partial charge in [0.1, 0.15) is 0 Å². The fourth-order valence-electron chi connectivity index (χ4n) is 4.75. The lowest BCUT2D eigenvalue weighted by atomic mass is 10.0. The maximum atomic E-state index is 3.60. The van der Waals surface area contributed by atoms with Crippen LogP contribution in [-0.4, -0.2) is 0 Å². The number of benzene rings is 6. The smallest absolute Gasteiger partial charge is 0.0463 e. The summed E-state index contributed by atoms with van der Waals surface area (Å²) in [5.74, 6) is 0. The molecule has 0 fully saturated rings. The minimum Gasteiger partial charge on any atom is -0.355 e. The molecule has 0 spiro atoms. The minimum absolute atomic E-state index is 1.05. The molecule has 2 nitrogen and oxygen atoms in total. The number of halogens is 2. The third-order valence-electron chi connectivity index (χ3n) is 6.83. The molecule has 4 heteroatoms. The second-order valence-electron chi connectivity index (χ2n) is 9.51. The first kappa shape index (κ1) is 26.1. The van der Waals surface area contributed by atoms with E-state index in [1.165, 1.54) is 33.4 Å². The first-order valence-corrected chi connectivity index (χ1v) is 14.7. The summed E-state index contributed by atoms with van der Waals surface area (Å²) in [4.78, 5) is 0. The number of para-hydroxylation sites is 2. The van der Waals surface area contributed by atoms with Crippen LogP contribution in [0, 0.1) is 0 Å². The van der Waals surface area contributed by atoms with E-state index in [0.29, 0.717) is 0 Å². The van der Waals surface area contributed by atoms with Crippen molar-refractivity contribution in [3.63, 3.8) is 0 Å². The van der Waals surface area contributed by atoms with Gasteiger partial charge >= 0.3 is 0 Å². The van der Waals surface area contributed by atoms with Gasteiger partial charge in [-0.3, -0.25) is 0 Å². The second-order valence-corrected chi connectivity index (χ2v) is 11.3. The van der Waals surface area contributed by atoms with Gasteiger partial charge < -0.3 is 10.6 Å². The Morgan fingerprint density at radius 2 is 0.650 bits per heavy atom. The predicted octanol–water partition coefficient (Wildman–Crippen LogP) is 11.7. The van der Waals surface area contributed by atoms with E-state index in [-0.39, 0.29) is 0 Å². The molecule has 6 aromatic rings. The Bertz CT molecular complexity index is 1590. The molecule has 0 saturated heterocycles. The van der Waals surface area contributed by atoms with Crippen molar-refractivity contribution < 1.29 is 0 Å².